The van der Waals surface area contributed by atoms with Crippen LogP contribution in [0.2, 0.25) is 5.02 Å². The van der Waals surface area contributed by atoms with Crippen LogP contribution in [0.5, 0.6) is 0 Å². The fourth-order valence-corrected chi connectivity index (χ4v) is 3.28. The second kappa shape index (κ2) is 6.12. The van der Waals surface area contributed by atoms with Crippen molar-refractivity contribution >= 4 is 45.2 Å². The lowest BCUT2D eigenvalue weighted by molar-refractivity contribution is 0.0935. The first-order valence-corrected chi connectivity index (χ1v) is 7.83. The summed E-state index contributed by atoms with van der Waals surface area (Å²) in [5, 5.41) is 3.62. The Hall–Kier alpha value is -0.190. The van der Waals surface area contributed by atoms with Crippen molar-refractivity contribution in [3.63, 3.8) is 0 Å². The monoisotopic (exact) mass is 333 g/mol. The number of hydrogen-bond acceptors (Lipinski definition) is 2. The maximum Gasteiger partial charge on any atom is 0.251 e. The van der Waals surface area contributed by atoms with Crippen molar-refractivity contribution in [2.45, 2.75) is 18.9 Å². The van der Waals surface area contributed by atoms with Gasteiger partial charge in [-0.15, -0.1) is 0 Å². The minimum atomic E-state index is -0.0312. The van der Waals surface area contributed by atoms with E-state index in [1.165, 1.54) is 0 Å². The molecule has 0 unspecified atom stereocenters. The first kappa shape index (κ1) is 13.2. The summed E-state index contributed by atoms with van der Waals surface area (Å²) in [5.41, 5.74) is 0.622. The third-order valence-electron chi connectivity index (χ3n) is 2.74. The summed E-state index contributed by atoms with van der Waals surface area (Å²) in [6.07, 6.45) is 2.11. The number of amides is 1. The Kier molecular flexibility index (Phi) is 4.77. The molecule has 0 bridgehead atoms. The molecule has 17 heavy (non-hydrogen) atoms. The SMILES string of the molecule is O=C(NC1CCSCC1)c1ccc(Br)c(Cl)c1. The van der Waals surface area contributed by atoms with Crippen molar-refractivity contribution in [2.24, 2.45) is 0 Å². The number of carbonyl (C=O) groups is 1. The number of halogens is 2. The van der Waals surface area contributed by atoms with E-state index >= 15 is 0 Å². The van der Waals surface area contributed by atoms with E-state index in [1.807, 2.05) is 11.8 Å². The van der Waals surface area contributed by atoms with Crippen molar-refractivity contribution < 1.29 is 4.79 Å². The van der Waals surface area contributed by atoms with Crippen molar-refractivity contribution in [3.05, 3.63) is 33.3 Å². The summed E-state index contributed by atoms with van der Waals surface area (Å²) in [6.45, 7) is 0. The van der Waals surface area contributed by atoms with Gasteiger partial charge in [-0.3, -0.25) is 4.79 Å². The van der Waals surface area contributed by atoms with Gasteiger partial charge in [0, 0.05) is 16.1 Å². The minimum Gasteiger partial charge on any atom is -0.349 e. The van der Waals surface area contributed by atoms with Crippen LogP contribution in [0.3, 0.4) is 0 Å². The van der Waals surface area contributed by atoms with E-state index in [9.17, 15) is 4.79 Å². The van der Waals surface area contributed by atoms with E-state index in [4.69, 9.17) is 11.6 Å². The number of thioether (sulfide) groups is 1. The van der Waals surface area contributed by atoms with Crippen LogP contribution >= 0.6 is 39.3 Å². The number of hydrogen-bond donors (Lipinski definition) is 1. The summed E-state index contributed by atoms with van der Waals surface area (Å²) in [5.74, 6) is 2.23. The average Bonchev–Trinajstić information content (AvgIpc) is 2.34. The molecular formula is C12H13BrClNOS. The highest BCUT2D eigenvalue weighted by atomic mass is 79.9. The molecule has 92 valence electrons. The minimum absolute atomic E-state index is 0.0312. The summed E-state index contributed by atoms with van der Waals surface area (Å²) < 4.78 is 0.810. The zero-order valence-electron chi connectivity index (χ0n) is 9.21. The van der Waals surface area contributed by atoms with Crippen molar-refractivity contribution in [3.8, 4) is 0 Å². The molecule has 0 saturated carbocycles. The van der Waals surface area contributed by atoms with Gasteiger partial charge in [-0.05, 0) is 58.5 Å². The molecule has 0 spiro atoms. The zero-order chi connectivity index (χ0) is 12.3. The van der Waals surface area contributed by atoms with Crippen molar-refractivity contribution in [1.29, 1.82) is 0 Å². The molecule has 0 aliphatic carbocycles. The van der Waals surface area contributed by atoms with Crippen LogP contribution in [0.4, 0.5) is 0 Å². The summed E-state index contributed by atoms with van der Waals surface area (Å²) in [6, 6.07) is 5.58. The van der Waals surface area contributed by atoms with E-state index in [0.717, 1.165) is 28.8 Å². The molecule has 1 fully saturated rings. The van der Waals surface area contributed by atoms with Crippen LogP contribution in [0.15, 0.2) is 22.7 Å². The molecule has 1 amide bonds. The lowest BCUT2D eigenvalue weighted by Crippen LogP contribution is -2.37. The molecule has 5 heteroatoms. The molecule has 0 atom stereocenters. The van der Waals surface area contributed by atoms with Crippen LogP contribution in [0.1, 0.15) is 23.2 Å². The van der Waals surface area contributed by atoms with Gasteiger partial charge in [-0.25, -0.2) is 0 Å². The van der Waals surface area contributed by atoms with Crippen LogP contribution in [-0.2, 0) is 0 Å². The number of carbonyl (C=O) groups excluding carboxylic acids is 1. The molecule has 1 N–H and O–H groups in total. The highest BCUT2D eigenvalue weighted by Crippen LogP contribution is 2.23. The van der Waals surface area contributed by atoms with Gasteiger partial charge in [0.1, 0.15) is 0 Å². The smallest absolute Gasteiger partial charge is 0.251 e. The Balaban J connectivity index is 2.01. The largest absolute Gasteiger partial charge is 0.349 e. The summed E-state index contributed by atoms with van der Waals surface area (Å²) in [7, 11) is 0. The summed E-state index contributed by atoms with van der Waals surface area (Å²) >= 11 is 11.2. The highest BCUT2D eigenvalue weighted by molar-refractivity contribution is 9.10. The molecule has 2 rings (SSSR count). The second-order valence-corrected chi connectivity index (χ2v) is 6.48. The maximum absolute atomic E-state index is 12.0. The van der Waals surface area contributed by atoms with Crippen molar-refractivity contribution in [2.75, 3.05) is 11.5 Å². The van der Waals surface area contributed by atoms with Crippen molar-refractivity contribution in [1.82, 2.24) is 5.32 Å². The van der Waals surface area contributed by atoms with Gasteiger partial charge in [-0.1, -0.05) is 11.6 Å². The van der Waals surface area contributed by atoms with Crippen LogP contribution in [-0.4, -0.2) is 23.5 Å². The summed E-state index contributed by atoms with van der Waals surface area (Å²) in [4.78, 5) is 12.0. The quantitative estimate of drug-likeness (QED) is 0.893. The predicted octanol–water partition coefficient (Wildman–Crippen LogP) is 3.73. The van der Waals surface area contributed by atoms with Crippen LogP contribution in [0, 0.1) is 0 Å². The Morgan fingerprint density at radius 3 is 2.76 bits per heavy atom. The van der Waals surface area contributed by atoms with Gasteiger partial charge in [-0.2, -0.15) is 11.8 Å². The standard InChI is InChI=1S/C12H13BrClNOS/c13-10-2-1-8(7-11(10)14)12(16)15-9-3-5-17-6-4-9/h1-2,7,9H,3-6H2,(H,15,16). The second-order valence-electron chi connectivity index (χ2n) is 3.99. The van der Waals surface area contributed by atoms with E-state index in [1.54, 1.807) is 18.2 Å². The Bertz CT molecular complexity index is 421. The molecule has 1 heterocycles. The molecule has 1 aliphatic heterocycles. The average molecular weight is 335 g/mol. The number of nitrogens with one attached hydrogen (secondary N) is 1. The maximum atomic E-state index is 12.0. The van der Waals surface area contributed by atoms with Gasteiger partial charge < -0.3 is 5.32 Å². The Labute approximate surface area is 119 Å². The normalized spacial score (nSPS) is 16.8. The Morgan fingerprint density at radius 1 is 1.41 bits per heavy atom. The van der Waals surface area contributed by atoms with E-state index < -0.39 is 0 Å². The fourth-order valence-electron chi connectivity index (χ4n) is 1.75. The predicted molar refractivity (Wildman–Crippen MR) is 77.0 cm³/mol. The molecule has 1 aromatic carbocycles. The molecule has 1 saturated heterocycles. The number of rotatable bonds is 2. The molecular weight excluding hydrogens is 322 g/mol. The van der Waals surface area contributed by atoms with E-state index in [2.05, 4.69) is 21.2 Å². The highest BCUT2D eigenvalue weighted by Gasteiger charge is 2.17. The fraction of sp³-hybridized carbons (Fsp3) is 0.417. The third kappa shape index (κ3) is 3.63. The van der Waals surface area contributed by atoms with Gasteiger partial charge in [0.05, 0.1) is 5.02 Å². The first-order valence-electron chi connectivity index (χ1n) is 5.50. The van der Waals surface area contributed by atoms with E-state index in [0.29, 0.717) is 16.6 Å². The zero-order valence-corrected chi connectivity index (χ0v) is 12.4. The number of benzene rings is 1. The molecule has 0 radical (unpaired) electrons. The van der Waals surface area contributed by atoms with Gasteiger partial charge in [0.25, 0.3) is 5.91 Å². The van der Waals surface area contributed by atoms with E-state index in [-0.39, 0.29) is 5.91 Å². The van der Waals surface area contributed by atoms with Crippen LogP contribution < -0.4 is 5.32 Å². The first-order chi connectivity index (χ1) is 8.16. The lowest BCUT2D eigenvalue weighted by Gasteiger charge is -2.22. The molecule has 1 aromatic rings. The van der Waals surface area contributed by atoms with Gasteiger partial charge in [0.2, 0.25) is 0 Å². The molecule has 2 nitrogen and oxygen atoms in total. The van der Waals surface area contributed by atoms with Crippen LogP contribution in [0.25, 0.3) is 0 Å². The third-order valence-corrected chi connectivity index (χ3v) is 5.02. The topological polar surface area (TPSA) is 29.1 Å². The Morgan fingerprint density at radius 2 is 2.12 bits per heavy atom. The molecule has 0 aromatic heterocycles. The molecule has 1 aliphatic rings. The lowest BCUT2D eigenvalue weighted by atomic mass is 10.1. The van der Waals surface area contributed by atoms with Gasteiger partial charge in [0.15, 0.2) is 0 Å². The van der Waals surface area contributed by atoms with Gasteiger partial charge >= 0.3 is 0 Å².